The summed E-state index contributed by atoms with van der Waals surface area (Å²) in [6, 6.07) is 4.79. The molecule has 4 heteroatoms. The SMILES string of the molecule is Fc1ccc(CNC2=NCCCCC2)cc1Cl. The molecule has 0 saturated heterocycles. The summed E-state index contributed by atoms with van der Waals surface area (Å²) < 4.78 is 13.0. The van der Waals surface area contributed by atoms with Crippen molar-refractivity contribution in [2.75, 3.05) is 6.54 Å². The summed E-state index contributed by atoms with van der Waals surface area (Å²) in [5.74, 6) is 0.685. The van der Waals surface area contributed by atoms with E-state index in [9.17, 15) is 4.39 Å². The van der Waals surface area contributed by atoms with Gasteiger partial charge < -0.3 is 5.32 Å². The molecule has 1 aromatic rings. The van der Waals surface area contributed by atoms with Crippen LogP contribution in [-0.4, -0.2) is 12.4 Å². The van der Waals surface area contributed by atoms with E-state index >= 15 is 0 Å². The minimum atomic E-state index is -0.373. The molecule has 0 atom stereocenters. The van der Waals surface area contributed by atoms with Crippen molar-refractivity contribution in [3.8, 4) is 0 Å². The van der Waals surface area contributed by atoms with Crippen molar-refractivity contribution in [3.05, 3.63) is 34.6 Å². The molecule has 0 spiro atoms. The maximum atomic E-state index is 13.0. The number of hydrogen-bond donors (Lipinski definition) is 1. The molecule has 92 valence electrons. The van der Waals surface area contributed by atoms with E-state index in [2.05, 4.69) is 10.3 Å². The molecule has 0 saturated carbocycles. The molecule has 0 unspecified atom stereocenters. The van der Waals surface area contributed by atoms with Crippen LogP contribution in [0.25, 0.3) is 0 Å². The molecule has 0 amide bonds. The van der Waals surface area contributed by atoms with Crippen LogP contribution in [0.5, 0.6) is 0 Å². The van der Waals surface area contributed by atoms with Gasteiger partial charge in [-0.2, -0.15) is 0 Å². The summed E-state index contributed by atoms with van der Waals surface area (Å²) in [6.45, 7) is 1.56. The van der Waals surface area contributed by atoms with Gasteiger partial charge in [0.1, 0.15) is 5.82 Å². The van der Waals surface area contributed by atoms with E-state index in [1.54, 1.807) is 12.1 Å². The molecule has 1 N–H and O–H groups in total. The normalized spacial score (nSPS) is 16.2. The molecule has 1 aliphatic rings. The zero-order valence-corrected chi connectivity index (χ0v) is 10.4. The van der Waals surface area contributed by atoms with E-state index < -0.39 is 0 Å². The summed E-state index contributed by atoms with van der Waals surface area (Å²) in [5.41, 5.74) is 0.975. The van der Waals surface area contributed by atoms with Crippen molar-refractivity contribution < 1.29 is 4.39 Å². The number of amidine groups is 1. The van der Waals surface area contributed by atoms with Gasteiger partial charge >= 0.3 is 0 Å². The van der Waals surface area contributed by atoms with Crippen LogP contribution >= 0.6 is 11.6 Å². The first-order valence-electron chi connectivity index (χ1n) is 5.97. The van der Waals surface area contributed by atoms with Crippen LogP contribution in [0.2, 0.25) is 5.02 Å². The second-order valence-corrected chi connectivity index (χ2v) is 4.65. The molecule has 1 aromatic carbocycles. The monoisotopic (exact) mass is 254 g/mol. The molecule has 0 aliphatic carbocycles. The van der Waals surface area contributed by atoms with Gasteiger partial charge in [-0.15, -0.1) is 0 Å². The minimum Gasteiger partial charge on any atom is -0.370 e. The van der Waals surface area contributed by atoms with Gasteiger partial charge in [-0.05, 0) is 30.5 Å². The number of halogens is 2. The fraction of sp³-hybridized carbons (Fsp3) is 0.462. The Labute approximate surface area is 106 Å². The van der Waals surface area contributed by atoms with E-state index in [-0.39, 0.29) is 10.8 Å². The van der Waals surface area contributed by atoms with Gasteiger partial charge in [-0.1, -0.05) is 24.1 Å². The Morgan fingerprint density at radius 2 is 2.18 bits per heavy atom. The van der Waals surface area contributed by atoms with Crippen molar-refractivity contribution in [2.45, 2.75) is 32.2 Å². The highest BCUT2D eigenvalue weighted by atomic mass is 35.5. The van der Waals surface area contributed by atoms with E-state index in [1.807, 2.05) is 0 Å². The Balaban J connectivity index is 1.92. The van der Waals surface area contributed by atoms with Crippen LogP contribution in [0.15, 0.2) is 23.2 Å². The fourth-order valence-electron chi connectivity index (χ4n) is 1.87. The lowest BCUT2D eigenvalue weighted by molar-refractivity contribution is 0.627. The van der Waals surface area contributed by atoms with E-state index in [0.717, 1.165) is 24.4 Å². The lowest BCUT2D eigenvalue weighted by Crippen LogP contribution is -2.22. The maximum Gasteiger partial charge on any atom is 0.141 e. The lowest BCUT2D eigenvalue weighted by Gasteiger charge is -2.08. The van der Waals surface area contributed by atoms with Crippen molar-refractivity contribution in [1.29, 1.82) is 0 Å². The fourth-order valence-corrected chi connectivity index (χ4v) is 2.08. The second-order valence-electron chi connectivity index (χ2n) is 4.24. The molecule has 2 nitrogen and oxygen atoms in total. The van der Waals surface area contributed by atoms with Crippen LogP contribution in [0.3, 0.4) is 0 Å². The predicted octanol–water partition coefficient (Wildman–Crippen LogP) is 3.54. The molecular weight excluding hydrogens is 239 g/mol. The molecule has 1 heterocycles. The van der Waals surface area contributed by atoms with Crippen LogP contribution in [-0.2, 0) is 6.54 Å². The summed E-state index contributed by atoms with van der Waals surface area (Å²) in [7, 11) is 0. The Morgan fingerprint density at radius 3 is 3.00 bits per heavy atom. The summed E-state index contributed by atoms with van der Waals surface area (Å²) in [5, 5.41) is 3.47. The first-order valence-corrected chi connectivity index (χ1v) is 6.34. The Bertz CT molecular complexity index is 418. The molecular formula is C13H16ClFN2. The third-order valence-electron chi connectivity index (χ3n) is 2.85. The van der Waals surface area contributed by atoms with Crippen molar-refractivity contribution in [3.63, 3.8) is 0 Å². The highest BCUT2D eigenvalue weighted by Gasteiger charge is 2.05. The Hall–Kier alpha value is -1.09. The third-order valence-corrected chi connectivity index (χ3v) is 3.14. The quantitative estimate of drug-likeness (QED) is 0.858. The summed E-state index contributed by atoms with van der Waals surface area (Å²) in [6.07, 6.45) is 4.62. The molecule has 0 fully saturated rings. The number of hydrogen-bond acceptors (Lipinski definition) is 2. The molecule has 0 bridgehead atoms. The van der Waals surface area contributed by atoms with Gasteiger partial charge in [0.05, 0.1) is 10.9 Å². The van der Waals surface area contributed by atoms with Gasteiger partial charge in [0.2, 0.25) is 0 Å². The summed E-state index contributed by atoms with van der Waals surface area (Å²) in [4.78, 5) is 4.48. The summed E-state index contributed by atoms with van der Waals surface area (Å²) >= 11 is 5.73. The van der Waals surface area contributed by atoms with Crippen LogP contribution in [0, 0.1) is 5.82 Å². The number of nitrogens with zero attached hydrogens (tertiary/aromatic N) is 1. The first-order chi connectivity index (χ1) is 8.25. The van der Waals surface area contributed by atoms with Gasteiger partial charge in [-0.25, -0.2) is 4.39 Å². The first kappa shape index (κ1) is 12.4. The standard InChI is InChI=1S/C13H16ClFN2/c14-11-8-10(5-6-12(11)15)9-17-13-4-2-1-3-7-16-13/h5-6,8H,1-4,7,9H2,(H,16,17). The molecule has 0 radical (unpaired) electrons. The van der Waals surface area contributed by atoms with Gasteiger partial charge in [-0.3, -0.25) is 4.99 Å². The third kappa shape index (κ3) is 3.70. The van der Waals surface area contributed by atoms with E-state index in [1.165, 1.54) is 25.3 Å². The molecule has 0 aromatic heterocycles. The van der Waals surface area contributed by atoms with Gasteiger partial charge in [0.15, 0.2) is 0 Å². The second kappa shape index (κ2) is 6.01. The van der Waals surface area contributed by atoms with Gasteiger partial charge in [0, 0.05) is 19.5 Å². The largest absolute Gasteiger partial charge is 0.370 e. The Morgan fingerprint density at radius 1 is 1.29 bits per heavy atom. The van der Waals surface area contributed by atoms with E-state index in [4.69, 9.17) is 11.6 Å². The highest BCUT2D eigenvalue weighted by molar-refractivity contribution is 6.30. The maximum absolute atomic E-state index is 13.0. The lowest BCUT2D eigenvalue weighted by atomic mass is 10.2. The highest BCUT2D eigenvalue weighted by Crippen LogP contribution is 2.16. The predicted molar refractivity (Wildman–Crippen MR) is 69.0 cm³/mol. The molecule has 2 rings (SSSR count). The van der Waals surface area contributed by atoms with Gasteiger partial charge in [0.25, 0.3) is 0 Å². The zero-order valence-electron chi connectivity index (χ0n) is 9.68. The van der Waals surface area contributed by atoms with Crippen LogP contribution in [0.1, 0.15) is 31.2 Å². The molecule has 1 aliphatic heterocycles. The van der Waals surface area contributed by atoms with E-state index in [0.29, 0.717) is 6.54 Å². The van der Waals surface area contributed by atoms with Crippen molar-refractivity contribution in [1.82, 2.24) is 5.32 Å². The number of benzene rings is 1. The molecule has 17 heavy (non-hydrogen) atoms. The van der Waals surface area contributed by atoms with Crippen molar-refractivity contribution in [2.24, 2.45) is 4.99 Å². The average molecular weight is 255 g/mol. The zero-order chi connectivity index (χ0) is 12.1. The Kier molecular flexibility index (Phi) is 4.37. The smallest absolute Gasteiger partial charge is 0.141 e. The average Bonchev–Trinajstić information content (AvgIpc) is 2.59. The minimum absolute atomic E-state index is 0.173. The number of rotatable bonds is 2. The van der Waals surface area contributed by atoms with Crippen LogP contribution < -0.4 is 5.32 Å². The number of nitrogens with one attached hydrogen (secondary N) is 1. The topological polar surface area (TPSA) is 24.4 Å². The number of aliphatic imine (C=N–C) groups is 1. The van der Waals surface area contributed by atoms with Crippen molar-refractivity contribution >= 4 is 17.4 Å². The van der Waals surface area contributed by atoms with Crippen LogP contribution in [0.4, 0.5) is 4.39 Å².